The fourth-order valence-electron chi connectivity index (χ4n) is 2.79. The van der Waals surface area contributed by atoms with Crippen molar-refractivity contribution in [2.45, 2.75) is 39.3 Å². The number of carbonyl (C=O) groups excluding carboxylic acids is 1. The molecule has 1 amide bonds. The first-order valence-electron chi connectivity index (χ1n) is 10.6. The molecule has 1 atom stereocenters. The number of amides is 1. The summed E-state index contributed by atoms with van der Waals surface area (Å²) in [5.74, 6) is 1.36. The van der Waals surface area contributed by atoms with Gasteiger partial charge >= 0.3 is 0 Å². The zero-order chi connectivity index (χ0) is 22.5. The van der Waals surface area contributed by atoms with Crippen LogP contribution in [-0.4, -0.2) is 45.3 Å². The first kappa shape index (κ1) is 27.7. The molecule has 2 aromatic carbocycles. The molecular formula is C24H35IN4O3. The predicted octanol–water partition coefficient (Wildman–Crippen LogP) is 4.44. The molecule has 32 heavy (non-hydrogen) atoms. The van der Waals surface area contributed by atoms with Gasteiger partial charge in [-0.05, 0) is 43.2 Å². The molecule has 0 aliphatic rings. The Kier molecular flexibility index (Phi) is 13.4. The van der Waals surface area contributed by atoms with E-state index in [2.05, 4.69) is 20.9 Å². The molecule has 2 rings (SSSR count). The molecule has 0 aromatic heterocycles. The van der Waals surface area contributed by atoms with Gasteiger partial charge in [0.2, 0.25) is 0 Å². The van der Waals surface area contributed by atoms with Crippen molar-refractivity contribution < 1.29 is 14.3 Å². The molecular weight excluding hydrogens is 519 g/mol. The van der Waals surface area contributed by atoms with E-state index in [4.69, 9.17) is 9.47 Å². The molecule has 7 nitrogen and oxygen atoms in total. The van der Waals surface area contributed by atoms with Crippen molar-refractivity contribution in [3.8, 4) is 5.75 Å². The molecule has 2 aromatic rings. The maximum atomic E-state index is 12.4. The third-order valence-electron chi connectivity index (χ3n) is 4.72. The van der Waals surface area contributed by atoms with Crippen molar-refractivity contribution in [3.63, 3.8) is 0 Å². The molecule has 0 aliphatic heterocycles. The van der Waals surface area contributed by atoms with Gasteiger partial charge in [-0.2, -0.15) is 0 Å². The number of anilines is 1. The number of nitrogens with zero attached hydrogens (tertiary/aromatic N) is 1. The minimum absolute atomic E-state index is 0. The smallest absolute Gasteiger partial charge is 0.251 e. The monoisotopic (exact) mass is 554 g/mol. The van der Waals surface area contributed by atoms with E-state index in [-0.39, 0.29) is 35.9 Å². The summed E-state index contributed by atoms with van der Waals surface area (Å²) in [5, 5.41) is 9.54. The number of hydrogen-bond donors (Lipinski definition) is 3. The molecule has 0 saturated carbocycles. The van der Waals surface area contributed by atoms with Crippen LogP contribution in [-0.2, 0) is 11.3 Å². The number of rotatable bonds is 11. The van der Waals surface area contributed by atoms with E-state index < -0.39 is 0 Å². The number of carbonyl (C=O) groups is 1. The van der Waals surface area contributed by atoms with E-state index in [1.165, 1.54) is 0 Å². The van der Waals surface area contributed by atoms with E-state index in [9.17, 15) is 4.79 Å². The van der Waals surface area contributed by atoms with Crippen LogP contribution in [0, 0.1) is 0 Å². The standard InChI is InChI=1S/C24H34N4O3.HI/c1-5-18(2)27-23(29)20-10-6-9-19(15-20)17-26-24(25-3)28-21-11-7-12-22(16-21)31-14-8-13-30-4;/h6-7,9-12,15-16,18H,5,8,13-14,17H2,1-4H3,(H,27,29)(H2,25,26,28);1H. The topological polar surface area (TPSA) is 84.0 Å². The zero-order valence-electron chi connectivity index (χ0n) is 19.3. The van der Waals surface area contributed by atoms with Gasteiger partial charge in [0.25, 0.3) is 5.91 Å². The van der Waals surface area contributed by atoms with E-state index in [1.807, 2.05) is 62.4 Å². The van der Waals surface area contributed by atoms with Crippen molar-refractivity contribution >= 4 is 41.5 Å². The Morgan fingerprint density at radius 1 is 1.12 bits per heavy atom. The maximum Gasteiger partial charge on any atom is 0.251 e. The van der Waals surface area contributed by atoms with Gasteiger partial charge in [0, 0.05) is 57.1 Å². The molecule has 0 fully saturated rings. The number of halogens is 1. The summed E-state index contributed by atoms with van der Waals surface area (Å²) in [7, 11) is 3.40. The summed E-state index contributed by atoms with van der Waals surface area (Å²) in [6.07, 6.45) is 1.74. The van der Waals surface area contributed by atoms with Gasteiger partial charge in [0.15, 0.2) is 5.96 Å². The number of methoxy groups -OCH3 is 1. The first-order valence-corrected chi connectivity index (χ1v) is 10.6. The molecule has 176 valence electrons. The Hall–Kier alpha value is -2.33. The summed E-state index contributed by atoms with van der Waals surface area (Å²) in [4.78, 5) is 16.6. The molecule has 0 heterocycles. The summed E-state index contributed by atoms with van der Waals surface area (Å²) < 4.78 is 10.8. The van der Waals surface area contributed by atoms with Gasteiger partial charge in [-0.15, -0.1) is 24.0 Å². The van der Waals surface area contributed by atoms with E-state index in [1.54, 1.807) is 14.2 Å². The number of guanidine groups is 1. The van der Waals surface area contributed by atoms with Crippen molar-refractivity contribution in [2.24, 2.45) is 4.99 Å². The lowest BCUT2D eigenvalue weighted by molar-refractivity contribution is 0.0939. The Morgan fingerprint density at radius 2 is 1.91 bits per heavy atom. The van der Waals surface area contributed by atoms with Crippen molar-refractivity contribution in [3.05, 3.63) is 59.7 Å². The molecule has 0 radical (unpaired) electrons. The minimum atomic E-state index is -0.0546. The summed E-state index contributed by atoms with van der Waals surface area (Å²) in [6, 6.07) is 15.5. The zero-order valence-corrected chi connectivity index (χ0v) is 21.6. The predicted molar refractivity (Wildman–Crippen MR) is 141 cm³/mol. The molecule has 1 unspecified atom stereocenters. The maximum absolute atomic E-state index is 12.4. The molecule has 0 aliphatic carbocycles. The average molecular weight is 554 g/mol. The van der Waals surface area contributed by atoms with Crippen LogP contribution in [0.5, 0.6) is 5.75 Å². The molecule has 0 bridgehead atoms. The molecule has 3 N–H and O–H groups in total. The molecule has 8 heteroatoms. The van der Waals surface area contributed by atoms with Gasteiger partial charge in [-0.1, -0.05) is 25.1 Å². The highest BCUT2D eigenvalue weighted by Crippen LogP contribution is 2.17. The highest BCUT2D eigenvalue weighted by Gasteiger charge is 2.09. The van der Waals surface area contributed by atoms with Gasteiger partial charge in [0.05, 0.1) is 6.61 Å². The third kappa shape index (κ3) is 9.86. The second-order valence-electron chi connectivity index (χ2n) is 7.26. The number of nitrogens with one attached hydrogen (secondary N) is 3. The van der Waals surface area contributed by atoms with E-state index in [0.29, 0.717) is 31.3 Å². The quantitative estimate of drug-likeness (QED) is 0.166. The second-order valence-corrected chi connectivity index (χ2v) is 7.26. The van der Waals surface area contributed by atoms with Crippen molar-refractivity contribution in [2.75, 3.05) is 32.7 Å². The summed E-state index contributed by atoms with van der Waals surface area (Å²) >= 11 is 0. The summed E-state index contributed by atoms with van der Waals surface area (Å²) in [5.41, 5.74) is 2.52. The highest BCUT2D eigenvalue weighted by atomic mass is 127. The van der Waals surface area contributed by atoms with Crippen LogP contribution in [0.3, 0.4) is 0 Å². The van der Waals surface area contributed by atoms with Gasteiger partial charge < -0.3 is 25.4 Å². The Balaban J connectivity index is 0.00000512. The Bertz CT molecular complexity index is 861. The lowest BCUT2D eigenvalue weighted by Gasteiger charge is -2.14. The van der Waals surface area contributed by atoms with Crippen molar-refractivity contribution in [1.29, 1.82) is 0 Å². The lowest BCUT2D eigenvalue weighted by Crippen LogP contribution is -2.32. The van der Waals surface area contributed by atoms with E-state index in [0.717, 1.165) is 29.8 Å². The van der Waals surface area contributed by atoms with Crippen molar-refractivity contribution in [1.82, 2.24) is 10.6 Å². The van der Waals surface area contributed by atoms with Gasteiger partial charge in [-0.3, -0.25) is 9.79 Å². The largest absolute Gasteiger partial charge is 0.493 e. The Labute approximate surface area is 208 Å². The average Bonchev–Trinajstić information content (AvgIpc) is 2.79. The number of ether oxygens (including phenoxy) is 2. The van der Waals surface area contributed by atoms with Gasteiger partial charge in [-0.25, -0.2) is 0 Å². The third-order valence-corrected chi connectivity index (χ3v) is 4.72. The van der Waals surface area contributed by atoms with E-state index >= 15 is 0 Å². The van der Waals surface area contributed by atoms with Crippen LogP contribution in [0.1, 0.15) is 42.6 Å². The van der Waals surface area contributed by atoms with Gasteiger partial charge in [0.1, 0.15) is 5.75 Å². The van der Waals surface area contributed by atoms with Crippen LogP contribution in [0.4, 0.5) is 5.69 Å². The normalized spacial score (nSPS) is 11.8. The number of benzene rings is 2. The second kappa shape index (κ2) is 15.5. The Morgan fingerprint density at radius 3 is 2.62 bits per heavy atom. The van der Waals surface area contributed by atoms with Crippen LogP contribution < -0.4 is 20.7 Å². The minimum Gasteiger partial charge on any atom is -0.493 e. The highest BCUT2D eigenvalue weighted by molar-refractivity contribution is 14.0. The number of hydrogen-bond acceptors (Lipinski definition) is 4. The van der Waals surface area contributed by atoms with Crippen LogP contribution in [0.25, 0.3) is 0 Å². The first-order chi connectivity index (χ1) is 15.0. The lowest BCUT2D eigenvalue weighted by atomic mass is 10.1. The molecule has 0 saturated heterocycles. The van der Waals surface area contributed by atoms with Crippen LogP contribution in [0.2, 0.25) is 0 Å². The van der Waals surface area contributed by atoms with Crippen LogP contribution in [0.15, 0.2) is 53.5 Å². The fourth-order valence-corrected chi connectivity index (χ4v) is 2.79. The number of aliphatic imine (C=N–C) groups is 1. The molecule has 0 spiro atoms. The fraction of sp³-hybridized carbons (Fsp3) is 0.417. The van der Waals surface area contributed by atoms with Crippen LogP contribution >= 0.6 is 24.0 Å². The summed E-state index contributed by atoms with van der Waals surface area (Å²) in [6.45, 7) is 5.86. The SMILES string of the molecule is CCC(C)NC(=O)c1cccc(CNC(=NC)Nc2cccc(OCCCOC)c2)c1.I.